The highest BCUT2D eigenvalue weighted by molar-refractivity contribution is 7.94. The molecule has 0 aromatic carbocycles. The fraction of sp³-hybridized carbons (Fsp3) is 0.500. The van der Waals surface area contributed by atoms with Crippen LogP contribution < -0.4 is 15.4 Å². The van der Waals surface area contributed by atoms with Gasteiger partial charge in [0.1, 0.15) is 5.15 Å². The summed E-state index contributed by atoms with van der Waals surface area (Å²) in [6, 6.07) is 0.682. The van der Waals surface area contributed by atoms with E-state index in [1.54, 1.807) is 6.07 Å². The Kier molecular flexibility index (Phi) is 7.48. The zero-order valence-electron chi connectivity index (χ0n) is 16.8. The minimum Gasteiger partial charge on any atom is -0.478 e. The topological polar surface area (TPSA) is 133 Å². The van der Waals surface area contributed by atoms with Gasteiger partial charge in [-0.3, -0.25) is 0 Å². The number of sulfonamides is 1. The Morgan fingerprint density at radius 1 is 1.34 bits per heavy atom. The lowest BCUT2D eigenvalue weighted by Crippen LogP contribution is -2.38. The number of aromatic nitrogens is 1. The largest absolute Gasteiger partial charge is 0.478 e. The van der Waals surface area contributed by atoms with Gasteiger partial charge in [-0.2, -0.15) is 0 Å². The molecule has 0 radical (unpaired) electrons. The van der Waals surface area contributed by atoms with Crippen molar-refractivity contribution >= 4 is 39.6 Å². The SMILES string of the molecule is CC(C)c1cc(Cl)nc(C(C)C)c1NC(=O)NS(=O)(=O)/C(C=N)=C1/NCCCO1. The molecule has 0 aliphatic carbocycles. The molecule has 0 atom stereocenters. The molecule has 0 bridgehead atoms. The maximum atomic E-state index is 12.6. The monoisotopic (exact) mass is 443 g/mol. The van der Waals surface area contributed by atoms with E-state index >= 15 is 0 Å². The third-order valence-corrected chi connectivity index (χ3v) is 5.71. The number of rotatable bonds is 6. The number of hydrogen-bond donors (Lipinski definition) is 4. The highest BCUT2D eigenvalue weighted by Gasteiger charge is 2.27. The first-order valence-electron chi connectivity index (χ1n) is 9.22. The van der Waals surface area contributed by atoms with E-state index < -0.39 is 21.0 Å². The lowest BCUT2D eigenvalue weighted by molar-refractivity contribution is 0.157. The lowest BCUT2D eigenvalue weighted by atomic mass is 9.97. The van der Waals surface area contributed by atoms with Gasteiger partial charge in [0.25, 0.3) is 10.0 Å². The highest BCUT2D eigenvalue weighted by Crippen LogP contribution is 2.33. The molecule has 11 heteroatoms. The number of halogens is 1. The van der Waals surface area contributed by atoms with Crippen molar-refractivity contribution in [2.45, 2.75) is 46.0 Å². The van der Waals surface area contributed by atoms with E-state index in [0.29, 0.717) is 42.3 Å². The van der Waals surface area contributed by atoms with Crippen LogP contribution in [0.5, 0.6) is 0 Å². The highest BCUT2D eigenvalue weighted by atomic mass is 35.5. The van der Waals surface area contributed by atoms with E-state index in [-0.39, 0.29) is 17.7 Å². The number of pyridine rings is 1. The van der Waals surface area contributed by atoms with Gasteiger partial charge in [0.05, 0.1) is 18.0 Å². The number of amides is 2. The Hall–Kier alpha value is -2.33. The van der Waals surface area contributed by atoms with Crippen LogP contribution in [-0.4, -0.2) is 38.8 Å². The summed E-state index contributed by atoms with van der Waals surface area (Å²) in [5, 5.41) is 13.1. The summed E-state index contributed by atoms with van der Waals surface area (Å²) in [6.07, 6.45) is 1.34. The molecule has 2 heterocycles. The number of anilines is 1. The number of nitrogens with one attached hydrogen (secondary N) is 4. The second-order valence-electron chi connectivity index (χ2n) is 7.13. The maximum absolute atomic E-state index is 12.6. The summed E-state index contributed by atoms with van der Waals surface area (Å²) in [5.41, 5.74) is 1.71. The van der Waals surface area contributed by atoms with Gasteiger partial charge < -0.3 is 20.8 Å². The molecule has 2 rings (SSSR count). The Labute approximate surface area is 175 Å². The van der Waals surface area contributed by atoms with E-state index in [4.69, 9.17) is 21.7 Å². The van der Waals surface area contributed by atoms with E-state index in [1.807, 2.05) is 32.4 Å². The first-order chi connectivity index (χ1) is 13.6. The summed E-state index contributed by atoms with van der Waals surface area (Å²) < 4.78 is 32.4. The molecule has 4 N–H and O–H groups in total. The molecule has 160 valence electrons. The van der Waals surface area contributed by atoms with Crippen LogP contribution in [0.25, 0.3) is 0 Å². The molecule has 0 spiro atoms. The second kappa shape index (κ2) is 9.45. The fourth-order valence-electron chi connectivity index (χ4n) is 2.80. The van der Waals surface area contributed by atoms with Crippen molar-refractivity contribution in [3.8, 4) is 0 Å². The molecule has 9 nitrogen and oxygen atoms in total. The standard InChI is InChI=1S/C18H26ClN5O4S/c1-10(2)12-8-14(19)22-15(11(3)4)16(12)23-18(25)24-29(26,27)13(9-20)17-21-6-5-7-28-17/h8-11,20-21H,5-7H2,1-4H3,(H2,23,24,25)/b17-13-,20-9?. The molecule has 1 aliphatic heterocycles. The van der Waals surface area contributed by atoms with Gasteiger partial charge in [0.15, 0.2) is 4.91 Å². The lowest BCUT2D eigenvalue weighted by Gasteiger charge is -2.21. The number of carbonyl (C=O) groups excluding carboxylic acids is 1. The van der Waals surface area contributed by atoms with Gasteiger partial charge in [-0.05, 0) is 29.9 Å². The first-order valence-corrected chi connectivity index (χ1v) is 11.1. The van der Waals surface area contributed by atoms with Crippen molar-refractivity contribution in [3.05, 3.63) is 33.3 Å². The molecule has 2 amide bonds. The van der Waals surface area contributed by atoms with E-state index in [1.165, 1.54) is 0 Å². The van der Waals surface area contributed by atoms with Gasteiger partial charge >= 0.3 is 6.03 Å². The van der Waals surface area contributed by atoms with Crippen molar-refractivity contribution in [3.63, 3.8) is 0 Å². The van der Waals surface area contributed by atoms with Crippen LogP contribution in [0.15, 0.2) is 16.9 Å². The average Bonchev–Trinajstić information content (AvgIpc) is 2.63. The van der Waals surface area contributed by atoms with Crippen LogP contribution >= 0.6 is 11.6 Å². The number of nitrogens with zero attached hydrogens (tertiary/aromatic N) is 1. The molecule has 29 heavy (non-hydrogen) atoms. The Morgan fingerprint density at radius 2 is 2.03 bits per heavy atom. The van der Waals surface area contributed by atoms with Crippen molar-refractivity contribution in [1.82, 2.24) is 15.0 Å². The predicted octanol–water partition coefficient (Wildman–Crippen LogP) is 3.26. The zero-order valence-corrected chi connectivity index (χ0v) is 18.4. The van der Waals surface area contributed by atoms with Crippen LogP contribution in [0.2, 0.25) is 5.15 Å². The molecule has 0 unspecified atom stereocenters. The summed E-state index contributed by atoms with van der Waals surface area (Å²) in [4.78, 5) is 16.4. The molecule has 0 saturated carbocycles. The number of hydrogen-bond acceptors (Lipinski definition) is 7. The number of carbonyl (C=O) groups is 1. The Balaban J connectivity index is 2.34. The number of ether oxygens (including phenoxy) is 1. The minimum absolute atomic E-state index is 0.0130. The maximum Gasteiger partial charge on any atom is 0.333 e. The molecule has 1 aliphatic rings. The van der Waals surface area contributed by atoms with E-state index in [0.717, 1.165) is 5.56 Å². The number of allylic oxidation sites excluding steroid dienone is 1. The molecule has 1 saturated heterocycles. The van der Waals surface area contributed by atoms with Gasteiger partial charge in [-0.25, -0.2) is 22.9 Å². The minimum atomic E-state index is -4.33. The third-order valence-electron chi connectivity index (χ3n) is 4.18. The molecular weight excluding hydrogens is 418 g/mol. The fourth-order valence-corrected chi connectivity index (χ4v) is 3.94. The van der Waals surface area contributed by atoms with Crippen molar-refractivity contribution in [2.24, 2.45) is 0 Å². The third kappa shape index (κ3) is 5.60. The summed E-state index contributed by atoms with van der Waals surface area (Å²) in [7, 11) is -4.33. The summed E-state index contributed by atoms with van der Waals surface area (Å²) >= 11 is 6.11. The van der Waals surface area contributed by atoms with Crippen LogP contribution in [0.1, 0.15) is 57.2 Å². The quantitative estimate of drug-likeness (QED) is 0.394. The average molecular weight is 444 g/mol. The second-order valence-corrected chi connectivity index (χ2v) is 9.17. The summed E-state index contributed by atoms with van der Waals surface area (Å²) in [5.74, 6) is -0.0957. The Morgan fingerprint density at radius 3 is 2.55 bits per heavy atom. The van der Waals surface area contributed by atoms with E-state index in [9.17, 15) is 13.2 Å². The van der Waals surface area contributed by atoms with Gasteiger partial charge in [-0.1, -0.05) is 39.3 Å². The van der Waals surface area contributed by atoms with Crippen molar-refractivity contribution in [2.75, 3.05) is 18.5 Å². The van der Waals surface area contributed by atoms with Crippen molar-refractivity contribution in [1.29, 1.82) is 5.41 Å². The Bertz CT molecular complexity index is 891. The predicted molar refractivity (Wildman–Crippen MR) is 113 cm³/mol. The molecule has 1 fully saturated rings. The van der Waals surface area contributed by atoms with Crippen LogP contribution in [-0.2, 0) is 14.8 Å². The smallest absolute Gasteiger partial charge is 0.333 e. The normalized spacial score (nSPS) is 16.1. The van der Waals surface area contributed by atoms with Crippen molar-refractivity contribution < 1.29 is 17.9 Å². The van der Waals surface area contributed by atoms with Gasteiger partial charge in [0.2, 0.25) is 5.88 Å². The summed E-state index contributed by atoms with van der Waals surface area (Å²) in [6.45, 7) is 8.49. The number of urea groups is 1. The molecule has 1 aromatic heterocycles. The van der Waals surface area contributed by atoms with E-state index in [2.05, 4.69) is 15.6 Å². The van der Waals surface area contributed by atoms with Crippen LogP contribution in [0, 0.1) is 5.41 Å². The van der Waals surface area contributed by atoms with Crippen LogP contribution in [0.3, 0.4) is 0 Å². The van der Waals surface area contributed by atoms with Crippen LogP contribution in [0.4, 0.5) is 10.5 Å². The first kappa shape index (κ1) is 23.0. The molecule has 1 aromatic rings. The zero-order chi connectivity index (χ0) is 21.8. The van der Waals surface area contributed by atoms with Gasteiger partial charge in [0, 0.05) is 12.8 Å². The molecular formula is C18H26ClN5O4S. The van der Waals surface area contributed by atoms with Gasteiger partial charge in [-0.15, -0.1) is 0 Å².